The molecule has 1 aromatic rings. The molecule has 5 nitrogen and oxygen atoms in total. The molecule has 19 heavy (non-hydrogen) atoms. The van der Waals surface area contributed by atoms with Crippen molar-refractivity contribution in [3.63, 3.8) is 0 Å². The smallest absolute Gasteiger partial charge is 0.251 e. The van der Waals surface area contributed by atoms with E-state index in [1.807, 2.05) is 20.8 Å². The fourth-order valence-corrected chi connectivity index (χ4v) is 1.56. The zero-order valence-electron chi connectivity index (χ0n) is 11.6. The van der Waals surface area contributed by atoms with Crippen LogP contribution in [0.2, 0.25) is 0 Å². The zero-order chi connectivity index (χ0) is 14.3. The van der Waals surface area contributed by atoms with Gasteiger partial charge in [-0.2, -0.15) is 0 Å². The maximum absolute atomic E-state index is 11.5. The van der Waals surface area contributed by atoms with Crippen molar-refractivity contribution in [1.29, 1.82) is 0 Å². The first-order chi connectivity index (χ1) is 9.02. The Labute approximate surface area is 113 Å². The van der Waals surface area contributed by atoms with Crippen LogP contribution >= 0.6 is 0 Å². The maximum atomic E-state index is 11.5. The van der Waals surface area contributed by atoms with E-state index in [-0.39, 0.29) is 24.4 Å². The lowest BCUT2D eigenvalue weighted by Crippen LogP contribution is -2.34. The average molecular weight is 263 g/mol. The Balaban J connectivity index is 2.48. The summed E-state index contributed by atoms with van der Waals surface area (Å²) in [5, 5.41) is 8.53. The highest BCUT2D eigenvalue weighted by Crippen LogP contribution is 2.09. The van der Waals surface area contributed by atoms with Gasteiger partial charge in [0.1, 0.15) is 0 Å². The molecule has 104 valence electrons. The molecule has 0 radical (unpaired) electrons. The van der Waals surface area contributed by atoms with Gasteiger partial charge in [0.2, 0.25) is 5.91 Å². The molecular formula is C14H21N3O2. The summed E-state index contributed by atoms with van der Waals surface area (Å²) in [4.78, 5) is 23.0. The van der Waals surface area contributed by atoms with Crippen LogP contribution in [0.4, 0.5) is 5.69 Å². The van der Waals surface area contributed by atoms with Crippen molar-refractivity contribution in [2.24, 2.45) is 0 Å². The van der Waals surface area contributed by atoms with E-state index in [4.69, 9.17) is 0 Å². The molecule has 1 rings (SSSR count). The molecule has 0 atom stereocenters. The van der Waals surface area contributed by atoms with Crippen LogP contribution < -0.4 is 16.0 Å². The molecule has 0 heterocycles. The summed E-state index contributed by atoms with van der Waals surface area (Å²) in [6.07, 6.45) is 0. The molecule has 0 fully saturated rings. The Morgan fingerprint density at radius 3 is 2.32 bits per heavy atom. The third-order valence-electron chi connectivity index (χ3n) is 2.39. The van der Waals surface area contributed by atoms with Crippen LogP contribution in [0.3, 0.4) is 0 Å². The first-order valence-corrected chi connectivity index (χ1v) is 6.44. The van der Waals surface area contributed by atoms with Gasteiger partial charge in [0, 0.05) is 23.8 Å². The molecule has 0 spiro atoms. The van der Waals surface area contributed by atoms with Crippen LogP contribution in [0.25, 0.3) is 0 Å². The van der Waals surface area contributed by atoms with Gasteiger partial charge in [0.15, 0.2) is 0 Å². The summed E-state index contributed by atoms with van der Waals surface area (Å²) in [6, 6.07) is 7.16. The molecule has 0 aromatic heterocycles. The second kappa shape index (κ2) is 7.41. The second-order valence-electron chi connectivity index (χ2n) is 4.51. The number of rotatable bonds is 6. The van der Waals surface area contributed by atoms with E-state index < -0.39 is 0 Å². The van der Waals surface area contributed by atoms with E-state index in [0.29, 0.717) is 12.1 Å². The van der Waals surface area contributed by atoms with Gasteiger partial charge in [-0.1, -0.05) is 0 Å². The number of carbonyl (C=O) groups is 2. The van der Waals surface area contributed by atoms with Gasteiger partial charge in [-0.25, -0.2) is 0 Å². The first-order valence-electron chi connectivity index (χ1n) is 6.44. The number of hydrogen-bond donors (Lipinski definition) is 3. The maximum Gasteiger partial charge on any atom is 0.251 e. The van der Waals surface area contributed by atoms with E-state index in [0.717, 1.165) is 5.69 Å². The Morgan fingerprint density at radius 2 is 1.79 bits per heavy atom. The standard InChI is InChI=1S/C14H21N3O2/c1-4-15-14(19)11-5-7-12(8-6-11)16-9-13(18)17-10(2)3/h5-8,10,16H,4,9H2,1-3H3,(H,15,19)(H,17,18). The van der Waals surface area contributed by atoms with E-state index in [1.54, 1.807) is 24.3 Å². The summed E-state index contributed by atoms with van der Waals surface area (Å²) < 4.78 is 0. The molecular weight excluding hydrogens is 242 g/mol. The van der Waals surface area contributed by atoms with Gasteiger partial charge in [-0.15, -0.1) is 0 Å². The fourth-order valence-electron chi connectivity index (χ4n) is 1.56. The van der Waals surface area contributed by atoms with E-state index >= 15 is 0 Å². The molecule has 3 N–H and O–H groups in total. The highest BCUT2D eigenvalue weighted by Gasteiger charge is 2.05. The van der Waals surface area contributed by atoms with Crippen molar-refractivity contribution in [2.75, 3.05) is 18.4 Å². The molecule has 0 aliphatic carbocycles. The Morgan fingerprint density at radius 1 is 1.16 bits per heavy atom. The topological polar surface area (TPSA) is 70.2 Å². The highest BCUT2D eigenvalue weighted by atomic mass is 16.2. The predicted molar refractivity (Wildman–Crippen MR) is 76.2 cm³/mol. The number of hydrogen-bond acceptors (Lipinski definition) is 3. The predicted octanol–water partition coefficient (Wildman–Crippen LogP) is 1.37. The lowest BCUT2D eigenvalue weighted by atomic mass is 10.2. The van der Waals surface area contributed by atoms with E-state index in [1.165, 1.54) is 0 Å². The summed E-state index contributed by atoms with van der Waals surface area (Å²) in [5.41, 5.74) is 1.42. The molecule has 5 heteroatoms. The first kappa shape index (κ1) is 15.0. The Kier molecular flexibility index (Phi) is 5.85. The summed E-state index contributed by atoms with van der Waals surface area (Å²) >= 11 is 0. The number of carbonyl (C=O) groups excluding carboxylic acids is 2. The zero-order valence-corrected chi connectivity index (χ0v) is 11.6. The molecule has 0 bridgehead atoms. The van der Waals surface area contributed by atoms with Crippen LogP contribution in [-0.4, -0.2) is 30.9 Å². The van der Waals surface area contributed by atoms with Crippen LogP contribution in [0.1, 0.15) is 31.1 Å². The highest BCUT2D eigenvalue weighted by molar-refractivity contribution is 5.94. The summed E-state index contributed by atoms with van der Waals surface area (Å²) in [6.45, 7) is 6.53. The molecule has 0 unspecified atom stereocenters. The van der Waals surface area contributed by atoms with Crippen LogP contribution in [0.15, 0.2) is 24.3 Å². The van der Waals surface area contributed by atoms with Gasteiger partial charge in [-0.05, 0) is 45.0 Å². The Bertz CT molecular complexity index is 427. The van der Waals surface area contributed by atoms with E-state index in [2.05, 4.69) is 16.0 Å². The number of benzene rings is 1. The summed E-state index contributed by atoms with van der Waals surface area (Å²) in [7, 11) is 0. The monoisotopic (exact) mass is 263 g/mol. The van der Waals surface area contributed by atoms with Crippen LogP contribution in [-0.2, 0) is 4.79 Å². The molecule has 2 amide bonds. The third kappa shape index (κ3) is 5.42. The van der Waals surface area contributed by atoms with Gasteiger partial charge in [0.05, 0.1) is 6.54 Å². The van der Waals surface area contributed by atoms with Crippen molar-refractivity contribution in [3.05, 3.63) is 29.8 Å². The van der Waals surface area contributed by atoms with Crippen molar-refractivity contribution in [1.82, 2.24) is 10.6 Å². The average Bonchev–Trinajstić information content (AvgIpc) is 2.36. The van der Waals surface area contributed by atoms with Gasteiger partial charge in [0.25, 0.3) is 5.91 Å². The Hall–Kier alpha value is -2.04. The van der Waals surface area contributed by atoms with Crippen LogP contribution in [0.5, 0.6) is 0 Å². The third-order valence-corrected chi connectivity index (χ3v) is 2.39. The molecule has 0 aliphatic rings. The molecule has 0 aliphatic heterocycles. The normalized spacial score (nSPS) is 10.1. The SMILES string of the molecule is CCNC(=O)c1ccc(NCC(=O)NC(C)C)cc1. The minimum Gasteiger partial charge on any atom is -0.376 e. The molecule has 0 saturated carbocycles. The largest absolute Gasteiger partial charge is 0.376 e. The molecule has 0 saturated heterocycles. The minimum atomic E-state index is -0.0911. The summed E-state index contributed by atoms with van der Waals surface area (Å²) in [5.74, 6) is -0.144. The van der Waals surface area contributed by atoms with Gasteiger partial charge in [-0.3, -0.25) is 9.59 Å². The van der Waals surface area contributed by atoms with E-state index in [9.17, 15) is 9.59 Å². The minimum absolute atomic E-state index is 0.0530. The van der Waals surface area contributed by atoms with Gasteiger partial charge < -0.3 is 16.0 Å². The lowest BCUT2D eigenvalue weighted by molar-refractivity contribution is -0.119. The van der Waals surface area contributed by atoms with Crippen molar-refractivity contribution in [2.45, 2.75) is 26.8 Å². The second-order valence-corrected chi connectivity index (χ2v) is 4.51. The van der Waals surface area contributed by atoms with Crippen molar-refractivity contribution >= 4 is 17.5 Å². The van der Waals surface area contributed by atoms with Crippen molar-refractivity contribution in [3.8, 4) is 0 Å². The molecule has 1 aromatic carbocycles. The van der Waals surface area contributed by atoms with Gasteiger partial charge >= 0.3 is 0 Å². The van der Waals surface area contributed by atoms with Crippen molar-refractivity contribution < 1.29 is 9.59 Å². The van der Waals surface area contributed by atoms with Crippen LogP contribution in [0, 0.1) is 0 Å². The number of anilines is 1. The number of nitrogens with one attached hydrogen (secondary N) is 3. The fraction of sp³-hybridized carbons (Fsp3) is 0.429. The lowest BCUT2D eigenvalue weighted by Gasteiger charge is -2.10. The number of amides is 2. The quantitative estimate of drug-likeness (QED) is 0.726.